The van der Waals surface area contributed by atoms with Crippen LogP contribution in [0.15, 0.2) is 103 Å². The largest absolute Gasteiger partial charge is 0.508 e. The van der Waals surface area contributed by atoms with Crippen molar-refractivity contribution < 1.29 is 40.9 Å². The topological polar surface area (TPSA) is 85.3 Å². The predicted octanol–water partition coefficient (Wildman–Crippen LogP) is 6.79. The Bertz CT molecular complexity index is 1700. The minimum atomic E-state index is -4.78. The highest BCUT2D eigenvalue weighted by atomic mass is 32.2. The molecule has 5 atom stereocenters. The zero-order chi connectivity index (χ0) is 31.8. The van der Waals surface area contributed by atoms with Gasteiger partial charge in [0.05, 0.1) is 25.0 Å². The van der Waals surface area contributed by atoms with Crippen LogP contribution in [0.2, 0.25) is 0 Å². The molecule has 4 aromatic rings. The summed E-state index contributed by atoms with van der Waals surface area (Å²) in [5.41, 5.74) is 2.51. The van der Waals surface area contributed by atoms with Gasteiger partial charge in [-0.2, -0.15) is 13.2 Å². The summed E-state index contributed by atoms with van der Waals surface area (Å²) in [5, 5.41) is 8.67. The standard InChI is InChI=1S/C34H32F3NO6S/c1-42-27-17-11-25(12-18-27)38(21-34(35,36)37)45(40,41)30-19-29-31(23-7-13-26(39)14-8-23)32(33(30)44-29)24-9-15-28(16-10-24)43-20-22-5-3-2-4-6-22/h2-18,29-33,39H,19-21H2,1H3/t29-,30+,31?,32+,33+/m0/s1. The third-order valence-corrected chi connectivity index (χ3v) is 10.6. The number of methoxy groups -OCH3 is 1. The van der Waals surface area contributed by atoms with E-state index < -0.39 is 46.1 Å². The van der Waals surface area contributed by atoms with Crippen molar-refractivity contribution in [2.75, 3.05) is 18.0 Å². The van der Waals surface area contributed by atoms with Gasteiger partial charge in [0.15, 0.2) is 0 Å². The van der Waals surface area contributed by atoms with Crippen molar-refractivity contribution in [1.82, 2.24) is 0 Å². The number of aromatic hydroxyl groups is 1. The monoisotopic (exact) mass is 639 g/mol. The van der Waals surface area contributed by atoms with E-state index in [-0.39, 0.29) is 23.8 Å². The van der Waals surface area contributed by atoms with Crippen LogP contribution in [0.3, 0.4) is 0 Å². The Hall–Kier alpha value is -4.22. The molecule has 4 aromatic carbocycles. The molecule has 0 amide bonds. The molecule has 2 heterocycles. The summed E-state index contributed by atoms with van der Waals surface area (Å²) < 4.78 is 87.6. The summed E-state index contributed by atoms with van der Waals surface area (Å²) in [5.74, 6) is 0.323. The summed E-state index contributed by atoms with van der Waals surface area (Å²) in [6.45, 7) is -1.30. The number of alkyl halides is 3. The maximum atomic E-state index is 14.2. The molecule has 0 spiro atoms. The second-order valence-corrected chi connectivity index (χ2v) is 13.3. The Morgan fingerprint density at radius 2 is 1.44 bits per heavy atom. The average Bonchev–Trinajstić information content (AvgIpc) is 3.64. The van der Waals surface area contributed by atoms with Crippen molar-refractivity contribution in [2.24, 2.45) is 0 Å². The first-order valence-corrected chi connectivity index (χ1v) is 16.0. The number of rotatable bonds is 10. The van der Waals surface area contributed by atoms with Crippen molar-refractivity contribution in [2.45, 2.75) is 48.5 Å². The number of hydrogen-bond acceptors (Lipinski definition) is 6. The highest BCUT2D eigenvalue weighted by Gasteiger charge is 2.60. The number of ether oxygens (including phenoxy) is 3. The first-order chi connectivity index (χ1) is 21.5. The number of halogens is 3. The van der Waals surface area contributed by atoms with E-state index in [2.05, 4.69) is 0 Å². The predicted molar refractivity (Wildman–Crippen MR) is 163 cm³/mol. The number of fused-ring (bicyclic) bond motifs is 2. The fourth-order valence-corrected chi connectivity index (χ4v) is 8.50. The molecule has 0 radical (unpaired) electrons. The van der Waals surface area contributed by atoms with Gasteiger partial charge < -0.3 is 19.3 Å². The molecule has 45 heavy (non-hydrogen) atoms. The Kier molecular flexibility index (Phi) is 8.41. The van der Waals surface area contributed by atoms with E-state index in [1.807, 2.05) is 42.5 Å². The van der Waals surface area contributed by atoms with Crippen molar-refractivity contribution in [3.8, 4) is 17.2 Å². The van der Waals surface area contributed by atoms with Crippen molar-refractivity contribution in [3.63, 3.8) is 0 Å². The van der Waals surface area contributed by atoms with Gasteiger partial charge in [-0.25, -0.2) is 8.42 Å². The van der Waals surface area contributed by atoms with Crippen LogP contribution >= 0.6 is 0 Å². The molecule has 7 nitrogen and oxygen atoms in total. The smallest absolute Gasteiger partial charge is 0.407 e. The number of hydrogen-bond donors (Lipinski definition) is 1. The lowest BCUT2D eigenvalue weighted by atomic mass is 9.72. The van der Waals surface area contributed by atoms with Gasteiger partial charge in [0.1, 0.15) is 35.7 Å². The molecular weight excluding hydrogens is 607 g/mol. The summed E-state index contributed by atoms with van der Waals surface area (Å²) in [7, 11) is -3.14. The highest BCUT2D eigenvalue weighted by Crippen LogP contribution is 2.56. The zero-order valence-corrected chi connectivity index (χ0v) is 25.1. The Balaban J connectivity index is 1.33. The van der Waals surface area contributed by atoms with Gasteiger partial charge in [-0.3, -0.25) is 4.31 Å². The van der Waals surface area contributed by atoms with Gasteiger partial charge in [0.2, 0.25) is 10.0 Å². The van der Waals surface area contributed by atoms with E-state index in [1.54, 1.807) is 36.4 Å². The lowest BCUT2D eigenvalue weighted by molar-refractivity contribution is -0.117. The quantitative estimate of drug-likeness (QED) is 0.206. The van der Waals surface area contributed by atoms with Crippen LogP contribution in [-0.4, -0.2) is 50.8 Å². The molecule has 236 valence electrons. The number of phenolic OH excluding ortho intramolecular Hbond substituents is 1. The van der Waals surface area contributed by atoms with Crippen LogP contribution in [0, 0.1) is 0 Å². The maximum absolute atomic E-state index is 14.2. The van der Waals surface area contributed by atoms with Gasteiger partial charge in [-0.05, 0) is 71.6 Å². The summed E-state index contributed by atoms with van der Waals surface area (Å²) in [6, 6.07) is 29.1. The van der Waals surface area contributed by atoms with Crippen LogP contribution in [0.4, 0.5) is 18.9 Å². The maximum Gasteiger partial charge on any atom is 0.407 e. The molecule has 6 rings (SSSR count). The van der Waals surface area contributed by atoms with Crippen LogP contribution in [0.1, 0.15) is 34.9 Å². The van der Waals surface area contributed by atoms with E-state index in [0.29, 0.717) is 22.4 Å². The molecular formula is C34H32F3NO6S. The van der Waals surface area contributed by atoms with Crippen LogP contribution in [0.5, 0.6) is 17.2 Å². The summed E-state index contributed by atoms with van der Waals surface area (Å²) in [4.78, 5) is 0. The van der Waals surface area contributed by atoms with Gasteiger partial charge >= 0.3 is 6.18 Å². The number of nitrogens with zero attached hydrogens (tertiary/aromatic N) is 1. The normalized spacial score (nSPS) is 22.7. The number of sulfonamides is 1. The molecule has 1 unspecified atom stereocenters. The SMILES string of the molecule is COc1ccc(N(CC(F)(F)F)S(=O)(=O)[C@@H]2C[C@@H]3O[C@H]2[C@H](c2ccc(OCc4ccccc4)cc2)C3c2ccc(O)cc2)cc1. The second kappa shape index (κ2) is 12.3. The molecule has 2 saturated heterocycles. The van der Waals surface area contributed by atoms with Gasteiger partial charge in [0.25, 0.3) is 0 Å². The minimum absolute atomic E-state index is 0.0256. The highest BCUT2D eigenvalue weighted by molar-refractivity contribution is 7.93. The molecule has 1 N–H and O–H groups in total. The molecule has 11 heteroatoms. The van der Waals surface area contributed by atoms with E-state index in [9.17, 15) is 26.7 Å². The third kappa shape index (κ3) is 6.46. The molecule has 2 fully saturated rings. The van der Waals surface area contributed by atoms with E-state index in [4.69, 9.17) is 14.2 Å². The molecule has 0 aromatic heterocycles. The molecule has 0 aliphatic carbocycles. The Labute approximate surface area is 259 Å². The lowest BCUT2D eigenvalue weighted by Gasteiger charge is -2.36. The van der Waals surface area contributed by atoms with E-state index >= 15 is 0 Å². The summed E-state index contributed by atoms with van der Waals surface area (Å²) in [6.07, 6.45) is -6.24. The van der Waals surface area contributed by atoms with Crippen molar-refractivity contribution in [1.29, 1.82) is 0 Å². The first kappa shape index (κ1) is 30.8. The second-order valence-electron chi connectivity index (χ2n) is 11.3. The lowest BCUT2D eigenvalue weighted by Crippen LogP contribution is -2.49. The first-order valence-electron chi connectivity index (χ1n) is 14.5. The molecule has 2 bridgehead atoms. The Morgan fingerprint density at radius 1 is 0.844 bits per heavy atom. The fraction of sp³-hybridized carbons (Fsp3) is 0.294. The number of anilines is 1. The minimum Gasteiger partial charge on any atom is -0.508 e. The van der Waals surface area contributed by atoms with Gasteiger partial charge in [-0.15, -0.1) is 0 Å². The Morgan fingerprint density at radius 3 is 2.07 bits per heavy atom. The average molecular weight is 640 g/mol. The van der Waals surface area contributed by atoms with Gasteiger partial charge in [-0.1, -0.05) is 54.6 Å². The van der Waals surface area contributed by atoms with E-state index in [1.165, 1.54) is 31.4 Å². The van der Waals surface area contributed by atoms with E-state index in [0.717, 1.165) is 16.7 Å². The fourth-order valence-electron chi connectivity index (χ4n) is 6.43. The van der Waals surface area contributed by atoms with Crippen LogP contribution in [0.25, 0.3) is 0 Å². The van der Waals surface area contributed by atoms with Crippen LogP contribution in [-0.2, 0) is 21.4 Å². The number of benzene rings is 4. The van der Waals surface area contributed by atoms with Crippen molar-refractivity contribution in [3.05, 3.63) is 120 Å². The zero-order valence-electron chi connectivity index (χ0n) is 24.3. The third-order valence-electron chi connectivity index (χ3n) is 8.47. The summed E-state index contributed by atoms with van der Waals surface area (Å²) >= 11 is 0. The van der Waals surface area contributed by atoms with Crippen molar-refractivity contribution >= 4 is 15.7 Å². The molecule has 2 aliphatic rings. The van der Waals surface area contributed by atoms with Crippen LogP contribution < -0.4 is 13.8 Å². The number of phenols is 1. The molecule has 0 saturated carbocycles. The molecule has 2 aliphatic heterocycles. The van der Waals surface area contributed by atoms with Gasteiger partial charge in [0, 0.05) is 11.8 Å².